The van der Waals surface area contributed by atoms with Crippen molar-refractivity contribution in [2.45, 2.75) is 32.4 Å². The number of aryl methyl sites for hydroxylation is 1. The molecule has 0 atom stereocenters. The van der Waals surface area contributed by atoms with Crippen LogP contribution in [0.3, 0.4) is 0 Å². The second-order valence-electron chi connectivity index (χ2n) is 6.94. The molecule has 0 bridgehead atoms. The van der Waals surface area contributed by atoms with Crippen molar-refractivity contribution in [2.24, 2.45) is 0 Å². The molecule has 1 fully saturated rings. The lowest BCUT2D eigenvalue weighted by Crippen LogP contribution is -2.42. The molecule has 1 saturated heterocycles. The van der Waals surface area contributed by atoms with Crippen LogP contribution in [0.25, 0.3) is 5.65 Å². The molecule has 2 N–H and O–H groups in total. The Kier molecular flexibility index (Phi) is 5.07. The van der Waals surface area contributed by atoms with Crippen molar-refractivity contribution in [3.63, 3.8) is 0 Å². The van der Waals surface area contributed by atoms with Crippen LogP contribution < -0.4 is 15.4 Å². The van der Waals surface area contributed by atoms with Gasteiger partial charge in [-0.1, -0.05) is 18.2 Å². The summed E-state index contributed by atoms with van der Waals surface area (Å²) in [6.45, 7) is 4.24. The van der Waals surface area contributed by atoms with Crippen LogP contribution in [0.5, 0.6) is 5.75 Å². The summed E-state index contributed by atoms with van der Waals surface area (Å²) >= 11 is 0. The fourth-order valence-electron chi connectivity index (χ4n) is 3.44. The number of ether oxygens (including phenoxy) is 1. The van der Waals surface area contributed by atoms with E-state index in [4.69, 9.17) is 4.74 Å². The lowest BCUT2D eigenvalue weighted by atomic mass is 10.1. The number of amides is 1. The number of pyridine rings is 1. The van der Waals surface area contributed by atoms with Crippen LogP contribution in [0.2, 0.25) is 0 Å². The second-order valence-corrected chi connectivity index (χ2v) is 6.94. The third kappa shape index (κ3) is 3.95. The van der Waals surface area contributed by atoms with Crippen LogP contribution >= 0.6 is 0 Å². The topological polar surface area (TPSA) is 67.7 Å². The molecule has 0 unspecified atom stereocenters. The van der Waals surface area contributed by atoms with Crippen molar-refractivity contribution < 1.29 is 9.53 Å². The van der Waals surface area contributed by atoms with E-state index in [1.54, 1.807) is 6.07 Å². The maximum Gasteiger partial charge on any atom is 0.255 e. The quantitative estimate of drug-likeness (QED) is 0.730. The first-order chi connectivity index (χ1) is 13.2. The van der Waals surface area contributed by atoms with Crippen LogP contribution in [-0.4, -0.2) is 34.4 Å². The molecule has 27 heavy (non-hydrogen) atoms. The van der Waals surface area contributed by atoms with Crippen molar-refractivity contribution in [1.82, 2.24) is 20.0 Å². The maximum absolute atomic E-state index is 12.7. The van der Waals surface area contributed by atoms with Crippen LogP contribution in [0.1, 0.15) is 34.5 Å². The van der Waals surface area contributed by atoms with Gasteiger partial charge in [0.2, 0.25) is 0 Å². The van der Waals surface area contributed by atoms with Gasteiger partial charge in [0.1, 0.15) is 18.0 Å². The monoisotopic (exact) mass is 364 g/mol. The summed E-state index contributed by atoms with van der Waals surface area (Å²) in [7, 11) is 0. The van der Waals surface area contributed by atoms with Crippen LogP contribution in [0, 0.1) is 6.92 Å². The molecule has 0 saturated carbocycles. The molecule has 4 rings (SSSR count). The normalized spacial score (nSPS) is 15.0. The fourth-order valence-corrected chi connectivity index (χ4v) is 3.44. The second kappa shape index (κ2) is 7.80. The first-order valence-electron chi connectivity index (χ1n) is 9.37. The van der Waals surface area contributed by atoms with Crippen LogP contribution in [0.4, 0.5) is 0 Å². The molecule has 1 aromatic carbocycles. The molecule has 0 radical (unpaired) electrons. The summed E-state index contributed by atoms with van der Waals surface area (Å²) < 4.78 is 7.94. The number of nitrogens with one attached hydrogen (secondary N) is 2. The molecule has 3 heterocycles. The van der Waals surface area contributed by atoms with Gasteiger partial charge in [-0.3, -0.25) is 4.79 Å². The molecule has 6 nitrogen and oxygen atoms in total. The Morgan fingerprint density at radius 1 is 1.26 bits per heavy atom. The molecular weight excluding hydrogens is 340 g/mol. The number of benzene rings is 1. The van der Waals surface area contributed by atoms with E-state index in [1.165, 1.54) is 0 Å². The average Bonchev–Trinajstić information content (AvgIpc) is 3.12. The van der Waals surface area contributed by atoms with Crippen LogP contribution in [0.15, 0.2) is 48.8 Å². The van der Waals surface area contributed by atoms with Gasteiger partial charge in [-0.2, -0.15) is 0 Å². The summed E-state index contributed by atoms with van der Waals surface area (Å²) in [5.74, 6) is 0.501. The highest BCUT2D eigenvalue weighted by molar-refractivity contribution is 5.97. The Bertz CT molecular complexity index is 944. The van der Waals surface area contributed by atoms with E-state index >= 15 is 0 Å². The summed E-state index contributed by atoms with van der Waals surface area (Å²) in [5, 5.41) is 6.43. The number of carbonyl (C=O) groups excluding carboxylic acids is 1. The molecule has 0 spiro atoms. The zero-order valence-corrected chi connectivity index (χ0v) is 15.4. The van der Waals surface area contributed by atoms with E-state index in [0.717, 1.165) is 42.8 Å². The molecule has 3 aromatic rings. The summed E-state index contributed by atoms with van der Waals surface area (Å²) in [6.07, 6.45) is 5.84. The standard InChI is InChI=1S/C21H24N4O2/c1-15-5-4-12-25-13-17(23-20(15)25)14-27-19-7-3-2-6-18(19)21(26)24-16-8-10-22-11-9-16/h2-7,12-13,16,22H,8-11,14H2,1H3,(H,24,26). The first-order valence-corrected chi connectivity index (χ1v) is 9.37. The minimum Gasteiger partial charge on any atom is -0.486 e. The third-order valence-corrected chi connectivity index (χ3v) is 4.91. The smallest absolute Gasteiger partial charge is 0.255 e. The highest BCUT2D eigenvalue weighted by Crippen LogP contribution is 2.20. The Hall–Kier alpha value is -2.86. The van der Waals surface area contributed by atoms with Crippen molar-refractivity contribution >= 4 is 11.6 Å². The van der Waals surface area contributed by atoms with Crippen LogP contribution in [-0.2, 0) is 6.61 Å². The van der Waals surface area contributed by atoms with E-state index in [9.17, 15) is 4.79 Å². The Balaban J connectivity index is 1.47. The number of nitrogens with zero attached hydrogens (tertiary/aromatic N) is 2. The van der Waals surface area contributed by atoms with Crippen molar-refractivity contribution in [2.75, 3.05) is 13.1 Å². The Morgan fingerprint density at radius 2 is 2.07 bits per heavy atom. The largest absolute Gasteiger partial charge is 0.486 e. The molecule has 1 aliphatic heterocycles. The number of carbonyl (C=O) groups is 1. The highest BCUT2D eigenvalue weighted by Gasteiger charge is 2.19. The molecule has 1 amide bonds. The van der Waals surface area contributed by atoms with Gasteiger partial charge < -0.3 is 19.8 Å². The minimum atomic E-state index is -0.0802. The molecule has 0 aliphatic carbocycles. The van der Waals surface area contributed by atoms with Gasteiger partial charge in [0, 0.05) is 18.4 Å². The van der Waals surface area contributed by atoms with E-state index in [1.807, 2.05) is 54.0 Å². The molecule has 2 aromatic heterocycles. The van der Waals surface area contributed by atoms with Crippen molar-refractivity contribution in [3.05, 3.63) is 65.6 Å². The predicted molar refractivity (Wildman–Crippen MR) is 104 cm³/mol. The average molecular weight is 364 g/mol. The van der Waals surface area contributed by atoms with E-state index in [0.29, 0.717) is 17.9 Å². The maximum atomic E-state index is 12.7. The minimum absolute atomic E-state index is 0.0802. The van der Waals surface area contributed by atoms with E-state index < -0.39 is 0 Å². The number of rotatable bonds is 5. The van der Waals surface area contributed by atoms with Gasteiger partial charge in [-0.15, -0.1) is 0 Å². The lowest BCUT2D eigenvalue weighted by Gasteiger charge is -2.24. The number of imidazole rings is 1. The van der Waals surface area contributed by atoms with Gasteiger partial charge in [0.15, 0.2) is 0 Å². The summed E-state index contributed by atoms with van der Waals surface area (Å²) in [5.41, 5.74) is 3.44. The molecular formula is C21H24N4O2. The van der Waals surface area contributed by atoms with Gasteiger partial charge in [0.25, 0.3) is 5.91 Å². The van der Waals surface area contributed by atoms with Crippen molar-refractivity contribution in [3.8, 4) is 5.75 Å². The van der Waals surface area contributed by atoms with E-state index in [2.05, 4.69) is 15.6 Å². The Labute approximate surface area is 158 Å². The molecule has 6 heteroatoms. The number of fused-ring (bicyclic) bond motifs is 1. The van der Waals surface area contributed by atoms with Crippen molar-refractivity contribution in [1.29, 1.82) is 0 Å². The number of hydrogen-bond donors (Lipinski definition) is 2. The number of piperidine rings is 1. The zero-order chi connectivity index (χ0) is 18.6. The summed E-state index contributed by atoms with van der Waals surface area (Å²) in [6, 6.07) is 11.6. The Morgan fingerprint density at radius 3 is 2.89 bits per heavy atom. The van der Waals surface area contributed by atoms with Gasteiger partial charge in [-0.25, -0.2) is 4.98 Å². The van der Waals surface area contributed by atoms with E-state index in [-0.39, 0.29) is 11.9 Å². The number of hydrogen-bond acceptors (Lipinski definition) is 4. The van der Waals surface area contributed by atoms with Gasteiger partial charge in [-0.05, 0) is 56.6 Å². The van der Waals surface area contributed by atoms with Gasteiger partial charge in [0.05, 0.1) is 11.3 Å². The number of para-hydroxylation sites is 1. The SMILES string of the molecule is Cc1cccn2cc(COc3ccccc3C(=O)NC3CCNCC3)nc12. The van der Waals surface area contributed by atoms with Gasteiger partial charge >= 0.3 is 0 Å². The number of aromatic nitrogens is 2. The first kappa shape index (κ1) is 17.5. The highest BCUT2D eigenvalue weighted by atomic mass is 16.5. The lowest BCUT2D eigenvalue weighted by molar-refractivity contribution is 0.0925. The predicted octanol–water partition coefficient (Wildman–Crippen LogP) is 2.70. The zero-order valence-electron chi connectivity index (χ0n) is 15.4. The molecule has 140 valence electrons. The summed E-state index contributed by atoms with van der Waals surface area (Å²) in [4.78, 5) is 17.3. The molecule has 1 aliphatic rings. The third-order valence-electron chi connectivity index (χ3n) is 4.91. The fraction of sp³-hybridized carbons (Fsp3) is 0.333.